The Balaban J connectivity index is 1.68. The molecule has 0 aromatic heterocycles. The number of nitrogens with zero attached hydrogens (tertiary/aromatic N) is 1. The van der Waals surface area contributed by atoms with Crippen molar-refractivity contribution in [2.75, 3.05) is 26.3 Å². The van der Waals surface area contributed by atoms with Crippen molar-refractivity contribution < 1.29 is 29.3 Å². The van der Waals surface area contributed by atoms with Gasteiger partial charge in [-0.05, 0) is 28.7 Å². The molecule has 1 aliphatic carbocycles. The van der Waals surface area contributed by atoms with E-state index in [4.69, 9.17) is 14.9 Å². The van der Waals surface area contributed by atoms with Crippen LogP contribution in [0.25, 0.3) is 11.1 Å². The van der Waals surface area contributed by atoms with Crippen LogP contribution in [0.2, 0.25) is 0 Å². The predicted molar refractivity (Wildman–Crippen MR) is 118 cm³/mol. The molecule has 2 aromatic carbocycles. The molecule has 168 valence electrons. The van der Waals surface area contributed by atoms with E-state index in [1.54, 1.807) is 0 Å². The van der Waals surface area contributed by atoms with Crippen molar-refractivity contribution in [3.8, 4) is 11.1 Å². The lowest BCUT2D eigenvalue weighted by Gasteiger charge is -2.25. The summed E-state index contributed by atoms with van der Waals surface area (Å²) in [5.74, 6) is -1.97. The Kier molecular flexibility index (Phi) is 7.62. The van der Waals surface area contributed by atoms with E-state index < -0.39 is 37.2 Å². The number of carboxylic acids is 1. The molecule has 1 aliphatic rings. The third-order valence-electron chi connectivity index (χ3n) is 5.34. The molecule has 32 heavy (non-hydrogen) atoms. The highest BCUT2D eigenvalue weighted by atomic mass is 16.5. The molecule has 0 heterocycles. The first-order valence-corrected chi connectivity index (χ1v) is 10.3. The lowest BCUT2D eigenvalue weighted by molar-refractivity contribution is -0.145. The summed E-state index contributed by atoms with van der Waals surface area (Å²) in [4.78, 5) is 37.2. The van der Waals surface area contributed by atoms with Crippen LogP contribution in [0.4, 0.5) is 4.79 Å². The zero-order chi connectivity index (χ0) is 23.1. The van der Waals surface area contributed by atoms with E-state index in [9.17, 15) is 14.4 Å². The van der Waals surface area contributed by atoms with Crippen molar-refractivity contribution in [2.24, 2.45) is 0 Å². The average Bonchev–Trinajstić information content (AvgIpc) is 3.10. The van der Waals surface area contributed by atoms with Crippen LogP contribution < -0.4 is 5.32 Å². The topological polar surface area (TPSA) is 116 Å². The molecule has 3 rings (SSSR count). The number of ether oxygens (including phenoxy) is 1. The molecule has 8 nitrogen and oxygen atoms in total. The maximum Gasteiger partial charge on any atom is 0.407 e. The quantitative estimate of drug-likeness (QED) is 0.491. The van der Waals surface area contributed by atoms with Crippen LogP contribution in [0.5, 0.6) is 0 Å². The fraction of sp³-hybridized carbons (Fsp3) is 0.292. The summed E-state index contributed by atoms with van der Waals surface area (Å²) < 4.78 is 5.47. The highest BCUT2D eigenvalue weighted by Gasteiger charge is 2.30. The van der Waals surface area contributed by atoms with Gasteiger partial charge in [-0.25, -0.2) is 4.79 Å². The van der Waals surface area contributed by atoms with E-state index in [2.05, 4.69) is 11.9 Å². The Morgan fingerprint density at radius 2 is 1.69 bits per heavy atom. The number of fused-ring (bicyclic) bond motifs is 3. The lowest BCUT2D eigenvalue weighted by Crippen LogP contribution is -2.50. The van der Waals surface area contributed by atoms with Gasteiger partial charge in [0.05, 0.1) is 6.61 Å². The third-order valence-corrected chi connectivity index (χ3v) is 5.34. The molecule has 0 saturated carbocycles. The van der Waals surface area contributed by atoms with Crippen molar-refractivity contribution in [3.05, 3.63) is 72.3 Å². The van der Waals surface area contributed by atoms with E-state index in [-0.39, 0.29) is 25.5 Å². The standard InChI is InChI=1S/C24H26N2O6/c1-2-7-21(23(30)26(12-13-27)14-22(28)29)25-24(31)32-15-20-18-10-5-3-8-16(18)17-9-4-6-11-19(17)20/h2-6,8-11,20-21,27H,1,7,12-15H2,(H,25,31)(H,28,29). The van der Waals surface area contributed by atoms with E-state index in [1.807, 2.05) is 48.5 Å². The normalized spacial score (nSPS) is 12.9. The van der Waals surface area contributed by atoms with Gasteiger partial charge in [0.1, 0.15) is 19.2 Å². The third kappa shape index (κ3) is 5.15. The van der Waals surface area contributed by atoms with E-state index >= 15 is 0 Å². The molecule has 0 radical (unpaired) electrons. The summed E-state index contributed by atoms with van der Waals surface area (Å²) in [6, 6.07) is 14.8. The van der Waals surface area contributed by atoms with Crippen LogP contribution in [0.15, 0.2) is 61.2 Å². The lowest BCUT2D eigenvalue weighted by atomic mass is 9.98. The van der Waals surface area contributed by atoms with Crippen LogP contribution in [0.3, 0.4) is 0 Å². The Hall–Kier alpha value is -3.65. The molecular weight excluding hydrogens is 412 g/mol. The molecule has 0 fully saturated rings. The number of carbonyl (C=O) groups excluding carboxylic acids is 2. The number of hydrogen-bond acceptors (Lipinski definition) is 5. The Morgan fingerprint density at radius 3 is 2.22 bits per heavy atom. The first kappa shape index (κ1) is 23.0. The highest BCUT2D eigenvalue weighted by molar-refractivity contribution is 5.88. The van der Waals surface area contributed by atoms with Gasteiger partial charge >= 0.3 is 12.1 Å². The molecule has 1 atom stereocenters. The Labute approximate surface area is 186 Å². The number of aliphatic hydroxyl groups is 1. The van der Waals surface area contributed by atoms with Crippen molar-refractivity contribution in [1.29, 1.82) is 0 Å². The van der Waals surface area contributed by atoms with Gasteiger partial charge in [0, 0.05) is 12.5 Å². The van der Waals surface area contributed by atoms with Crippen molar-refractivity contribution >= 4 is 18.0 Å². The SMILES string of the molecule is C=CCC(NC(=O)OCC1c2ccccc2-c2ccccc21)C(=O)N(CCO)CC(=O)O. The molecule has 2 amide bonds. The van der Waals surface area contributed by atoms with Crippen LogP contribution in [-0.4, -0.2) is 65.4 Å². The van der Waals surface area contributed by atoms with Gasteiger partial charge in [-0.1, -0.05) is 54.6 Å². The fourth-order valence-corrected chi connectivity index (χ4v) is 3.94. The summed E-state index contributed by atoms with van der Waals surface area (Å²) in [5, 5.41) is 20.7. The molecule has 2 aromatic rings. The number of hydrogen-bond donors (Lipinski definition) is 3. The number of nitrogens with one attached hydrogen (secondary N) is 1. The number of alkyl carbamates (subject to hydrolysis) is 1. The first-order chi connectivity index (χ1) is 15.5. The first-order valence-electron chi connectivity index (χ1n) is 10.3. The summed E-state index contributed by atoms with van der Waals surface area (Å²) in [5.41, 5.74) is 4.34. The number of aliphatic hydroxyl groups excluding tert-OH is 1. The maximum atomic E-state index is 12.7. The van der Waals surface area contributed by atoms with Gasteiger partial charge in [-0.3, -0.25) is 9.59 Å². The minimum absolute atomic E-state index is 0.0876. The van der Waals surface area contributed by atoms with E-state index in [0.717, 1.165) is 27.2 Å². The molecular formula is C24H26N2O6. The van der Waals surface area contributed by atoms with Gasteiger partial charge < -0.3 is 25.2 Å². The minimum atomic E-state index is -1.22. The molecule has 1 unspecified atom stereocenters. The fourth-order valence-electron chi connectivity index (χ4n) is 3.94. The van der Waals surface area contributed by atoms with Crippen molar-refractivity contribution in [2.45, 2.75) is 18.4 Å². The smallest absolute Gasteiger partial charge is 0.407 e. The van der Waals surface area contributed by atoms with Crippen molar-refractivity contribution in [1.82, 2.24) is 10.2 Å². The Morgan fingerprint density at radius 1 is 1.09 bits per heavy atom. The second-order valence-corrected chi connectivity index (χ2v) is 7.42. The summed E-state index contributed by atoms with van der Waals surface area (Å²) >= 11 is 0. The minimum Gasteiger partial charge on any atom is -0.480 e. The highest BCUT2D eigenvalue weighted by Crippen LogP contribution is 2.44. The zero-order valence-electron chi connectivity index (χ0n) is 17.6. The monoisotopic (exact) mass is 438 g/mol. The van der Waals surface area contributed by atoms with Crippen LogP contribution in [-0.2, 0) is 14.3 Å². The molecule has 0 aliphatic heterocycles. The molecule has 0 bridgehead atoms. The number of rotatable bonds is 10. The number of benzene rings is 2. The zero-order valence-corrected chi connectivity index (χ0v) is 17.6. The van der Waals surface area contributed by atoms with E-state index in [0.29, 0.717) is 0 Å². The molecule has 3 N–H and O–H groups in total. The molecule has 0 spiro atoms. The molecule has 0 saturated heterocycles. The van der Waals surface area contributed by atoms with E-state index in [1.165, 1.54) is 6.08 Å². The number of amides is 2. The molecule has 8 heteroatoms. The van der Waals surface area contributed by atoms with Crippen LogP contribution in [0.1, 0.15) is 23.5 Å². The van der Waals surface area contributed by atoms with Gasteiger partial charge in [0.2, 0.25) is 5.91 Å². The second-order valence-electron chi connectivity index (χ2n) is 7.42. The van der Waals surface area contributed by atoms with Gasteiger partial charge in [-0.2, -0.15) is 0 Å². The van der Waals surface area contributed by atoms with Gasteiger partial charge in [0.15, 0.2) is 0 Å². The van der Waals surface area contributed by atoms with Gasteiger partial charge in [-0.15, -0.1) is 6.58 Å². The second kappa shape index (κ2) is 10.6. The van der Waals surface area contributed by atoms with Crippen molar-refractivity contribution in [3.63, 3.8) is 0 Å². The maximum absolute atomic E-state index is 12.7. The average molecular weight is 438 g/mol. The van der Waals surface area contributed by atoms with Crippen LogP contribution >= 0.6 is 0 Å². The number of carboxylic acid groups (broad SMARTS) is 1. The van der Waals surface area contributed by atoms with Gasteiger partial charge in [0.25, 0.3) is 0 Å². The predicted octanol–water partition coefficient (Wildman–Crippen LogP) is 2.38. The largest absolute Gasteiger partial charge is 0.480 e. The van der Waals surface area contributed by atoms with Crippen LogP contribution in [0, 0.1) is 0 Å². The summed E-state index contributed by atoms with van der Waals surface area (Å²) in [7, 11) is 0. The Bertz CT molecular complexity index is 960. The number of aliphatic carboxylic acids is 1. The number of carbonyl (C=O) groups is 3. The summed E-state index contributed by atoms with van der Waals surface area (Å²) in [6.07, 6.45) is 0.751. The summed E-state index contributed by atoms with van der Waals surface area (Å²) in [6.45, 7) is 2.53.